The number of aromatic amines is 1. The van der Waals surface area contributed by atoms with Crippen LogP contribution in [0.5, 0.6) is 0 Å². The van der Waals surface area contributed by atoms with Crippen LogP contribution in [0.15, 0.2) is 48.0 Å². The van der Waals surface area contributed by atoms with Gasteiger partial charge in [0.25, 0.3) is 0 Å². The zero-order valence-electron chi connectivity index (χ0n) is 10.8. The quantitative estimate of drug-likeness (QED) is 0.722. The van der Waals surface area contributed by atoms with Crippen LogP contribution < -0.4 is 5.32 Å². The standard InChI is InChI=1S/C14H10N6S/c15-8-11(14-17-19-20-18-14)9-16-12-4-1-3-10(7-12)13-5-2-6-21-13/h1-7,9,16H,(H,17,18,19,20). The molecule has 3 aromatic rings. The van der Waals surface area contributed by atoms with E-state index in [4.69, 9.17) is 5.26 Å². The van der Waals surface area contributed by atoms with Crippen molar-refractivity contribution in [1.29, 1.82) is 5.26 Å². The molecule has 0 saturated heterocycles. The van der Waals surface area contributed by atoms with Crippen molar-refractivity contribution >= 4 is 22.6 Å². The molecule has 2 heterocycles. The van der Waals surface area contributed by atoms with Gasteiger partial charge >= 0.3 is 0 Å². The molecule has 0 fully saturated rings. The summed E-state index contributed by atoms with van der Waals surface area (Å²) in [6.45, 7) is 0. The van der Waals surface area contributed by atoms with Crippen molar-refractivity contribution in [3.05, 3.63) is 53.8 Å². The fraction of sp³-hybridized carbons (Fsp3) is 0. The first-order valence-corrected chi connectivity index (χ1v) is 6.99. The van der Waals surface area contributed by atoms with Crippen molar-refractivity contribution in [2.75, 3.05) is 5.32 Å². The minimum Gasteiger partial charge on any atom is -0.360 e. The van der Waals surface area contributed by atoms with Crippen LogP contribution in [0, 0.1) is 11.3 Å². The molecule has 0 unspecified atom stereocenters. The Hall–Kier alpha value is -2.98. The predicted octanol–water partition coefficient (Wildman–Crippen LogP) is 2.90. The van der Waals surface area contributed by atoms with Gasteiger partial charge in [-0.15, -0.1) is 21.5 Å². The second-order valence-electron chi connectivity index (χ2n) is 4.11. The zero-order chi connectivity index (χ0) is 14.5. The number of thiophene rings is 1. The molecule has 0 aliphatic rings. The van der Waals surface area contributed by atoms with Gasteiger partial charge in [0.2, 0.25) is 5.82 Å². The third-order valence-corrected chi connectivity index (χ3v) is 3.68. The minimum atomic E-state index is 0.263. The van der Waals surface area contributed by atoms with E-state index in [1.165, 1.54) is 4.88 Å². The van der Waals surface area contributed by atoms with E-state index < -0.39 is 0 Å². The number of nitrogens with one attached hydrogen (secondary N) is 2. The van der Waals surface area contributed by atoms with Gasteiger partial charge in [0.05, 0.1) is 0 Å². The average molecular weight is 294 g/mol. The summed E-state index contributed by atoms with van der Waals surface area (Å²) in [5, 5.41) is 27.6. The largest absolute Gasteiger partial charge is 0.360 e. The highest BCUT2D eigenvalue weighted by Crippen LogP contribution is 2.26. The Kier molecular flexibility index (Phi) is 3.71. The summed E-state index contributed by atoms with van der Waals surface area (Å²) in [7, 11) is 0. The summed E-state index contributed by atoms with van der Waals surface area (Å²) < 4.78 is 0. The second kappa shape index (κ2) is 5.98. The minimum absolute atomic E-state index is 0.263. The average Bonchev–Trinajstić information content (AvgIpc) is 3.22. The summed E-state index contributed by atoms with van der Waals surface area (Å²) in [4.78, 5) is 1.20. The Bertz CT molecular complexity index is 783. The van der Waals surface area contributed by atoms with Crippen molar-refractivity contribution in [2.45, 2.75) is 0 Å². The molecule has 2 N–H and O–H groups in total. The van der Waals surface area contributed by atoms with Crippen LogP contribution in [0.2, 0.25) is 0 Å². The summed E-state index contributed by atoms with van der Waals surface area (Å²) in [6, 6.07) is 14.1. The molecule has 1 aromatic carbocycles. The van der Waals surface area contributed by atoms with E-state index in [0.29, 0.717) is 5.57 Å². The fourth-order valence-electron chi connectivity index (χ4n) is 1.78. The molecule has 0 radical (unpaired) electrons. The molecular formula is C14H10N6S. The first kappa shape index (κ1) is 13.0. The molecule has 0 spiro atoms. The number of hydrogen-bond acceptors (Lipinski definition) is 6. The van der Waals surface area contributed by atoms with E-state index in [2.05, 4.69) is 32.0 Å². The van der Waals surface area contributed by atoms with E-state index in [-0.39, 0.29) is 5.82 Å². The van der Waals surface area contributed by atoms with Gasteiger partial charge in [0.15, 0.2) is 0 Å². The molecule has 102 valence electrons. The van der Waals surface area contributed by atoms with Crippen LogP contribution in [0.1, 0.15) is 5.82 Å². The van der Waals surface area contributed by atoms with Gasteiger partial charge in [-0.05, 0) is 34.4 Å². The molecule has 2 aromatic heterocycles. The third kappa shape index (κ3) is 2.96. The van der Waals surface area contributed by atoms with E-state index >= 15 is 0 Å². The molecule has 3 rings (SSSR count). The van der Waals surface area contributed by atoms with Crippen LogP contribution in [-0.4, -0.2) is 20.6 Å². The molecule has 0 aliphatic heterocycles. The van der Waals surface area contributed by atoms with E-state index in [9.17, 15) is 0 Å². The Labute approximate surface area is 124 Å². The van der Waals surface area contributed by atoms with Crippen LogP contribution in [0.3, 0.4) is 0 Å². The third-order valence-electron chi connectivity index (χ3n) is 2.76. The highest BCUT2D eigenvalue weighted by Gasteiger charge is 2.05. The van der Waals surface area contributed by atoms with Gasteiger partial charge in [-0.1, -0.05) is 18.2 Å². The maximum atomic E-state index is 9.10. The molecule has 0 atom stereocenters. The van der Waals surface area contributed by atoms with Gasteiger partial charge in [-0.2, -0.15) is 10.5 Å². The molecular weight excluding hydrogens is 284 g/mol. The van der Waals surface area contributed by atoms with Gasteiger partial charge in [0.1, 0.15) is 11.6 Å². The molecule has 0 bridgehead atoms. The van der Waals surface area contributed by atoms with E-state index in [1.54, 1.807) is 17.5 Å². The number of nitriles is 1. The number of allylic oxidation sites excluding steroid dienone is 1. The van der Waals surface area contributed by atoms with E-state index in [1.807, 2.05) is 41.8 Å². The molecule has 0 aliphatic carbocycles. The van der Waals surface area contributed by atoms with Gasteiger partial charge in [-0.25, -0.2) is 0 Å². The fourth-order valence-corrected chi connectivity index (χ4v) is 2.51. The number of tetrazole rings is 1. The predicted molar refractivity (Wildman–Crippen MR) is 81.1 cm³/mol. The topological polar surface area (TPSA) is 90.3 Å². The number of benzene rings is 1. The van der Waals surface area contributed by atoms with E-state index in [0.717, 1.165) is 11.3 Å². The molecule has 7 heteroatoms. The lowest BCUT2D eigenvalue weighted by molar-refractivity contribution is 0.881. The number of hydrogen-bond donors (Lipinski definition) is 2. The highest BCUT2D eigenvalue weighted by molar-refractivity contribution is 7.13. The number of aromatic nitrogens is 4. The SMILES string of the molecule is N#CC(=CNc1cccc(-c2cccs2)c1)c1nn[nH]n1. The number of nitrogens with zero attached hydrogens (tertiary/aromatic N) is 4. The van der Waals surface area contributed by atoms with Crippen molar-refractivity contribution < 1.29 is 0 Å². The Morgan fingerprint density at radius 3 is 3.00 bits per heavy atom. The summed E-state index contributed by atoms with van der Waals surface area (Å²) in [6.07, 6.45) is 1.57. The van der Waals surface area contributed by atoms with Gasteiger partial charge in [0, 0.05) is 16.8 Å². The maximum absolute atomic E-state index is 9.10. The van der Waals surface area contributed by atoms with Crippen molar-refractivity contribution in [1.82, 2.24) is 20.6 Å². The smallest absolute Gasteiger partial charge is 0.216 e. The lowest BCUT2D eigenvalue weighted by Crippen LogP contribution is -1.93. The Morgan fingerprint density at radius 2 is 2.29 bits per heavy atom. The zero-order valence-corrected chi connectivity index (χ0v) is 11.6. The maximum Gasteiger partial charge on any atom is 0.216 e. The lowest BCUT2D eigenvalue weighted by atomic mass is 10.1. The summed E-state index contributed by atoms with van der Waals surface area (Å²) >= 11 is 1.68. The molecule has 6 nitrogen and oxygen atoms in total. The molecule has 21 heavy (non-hydrogen) atoms. The van der Waals surface area contributed by atoms with Gasteiger partial charge < -0.3 is 5.32 Å². The second-order valence-corrected chi connectivity index (χ2v) is 5.06. The number of H-pyrrole nitrogens is 1. The summed E-state index contributed by atoms with van der Waals surface area (Å²) in [5.74, 6) is 0.263. The monoisotopic (exact) mass is 294 g/mol. The van der Waals surface area contributed by atoms with Crippen LogP contribution in [-0.2, 0) is 0 Å². The molecule has 0 amide bonds. The summed E-state index contributed by atoms with van der Waals surface area (Å²) in [5.41, 5.74) is 2.32. The first-order valence-electron chi connectivity index (χ1n) is 6.11. The van der Waals surface area contributed by atoms with Crippen LogP contribution >= 0.6 is 11.3 Å². The van der Waals surface area contributed by atoms with Crippen molar-refractivity contribution in [3.8, 4) is 16.5 Å². The van der Waals surface area contributed by atoms with Crippen molar-refractivity contribution in [2.24, 2.45) is 0 Å². The lowest BCUT2D eigenvalue weighted by Gasteiger charge is -2.04. The Balaban J connectivity index is 1.82. The van der Waals surface area contributed by atoms with Crippen LogP contribution in [0.25, 0.3) is 16.0 Å². The first-order chi connectivity index (χ1) is 10.4. The molecule has 0 saturated carbocycles. The van der Waals surface area contributed by atoms with Gasteiger partial charge in [-0.3, -0.25) is 0 Å². The number of rotatable bonds is 4. The van der Waals surface area contributed by atoms with Crippen molar-refractivity contribution in [3.63, 3.8) is 0 Å². The number of anilines is 1. The van der Waals surface area contributed by atoms with Crippen LogP contribution in [0.4, 0.5) is 5.69 Å². The Morgan fingerprint density at radius 1 is 1.33 bits per heavy atom. The highest BCUT2D eigenvalue weighted by atomic mass is 32.1. The normalized spacial score (nSPS) is 11.1.